The van der Waals surface area contributed by atoms with Crippen molar-refractivity contribution in [1.82, 2.24) is 0 Å². The van der Waals surface area contributed by atoms with Gasteiger partial charge in [0.1, 0.15) is 24.1 Å². The van der Waals surface area contributed by atoms with E-state index in [1.54, 1.807) is 0 Å². The molecule has 0 unspecified atom stereocenters. The van der Waals surface area contributed by atoms with Gasteiger partial charge in [-0.2, -0.15) is 18.5 Å². The van der Waals surface area contributed by atoms with Crippen LogP contribution < -0.4 is 0 Å². The topological polar surface area (TPSA) is 253 Å². The Morgan fingerprint density at radius 1 is 0.783 bits per heavy atom. The number of carbonyl (C=O) groups is 4. The Hall–Kier alpha value is -2.33. The van der Waals surface area contributed by atoms with Gasteiger partial charge in [-0.15, -0.1) is 0 Å². The lowest BCUT2D eigenvalue weighted by Crippen LogP contribution is -2.09. The quantitative estimate of drug-likeness (QED) is 0.178. The third kappa shape index (κ3) is 25.0. The molecule has 0 amide bonds. The highest BCUT2D eigenvalue weighted by Crippen LogP contribution is 2.50. The minimum Gasteiger partial charge on any atom is -0.473 e. The molecule has 0 aromatic carbocycles. The predicted molar refractivity (Wildman–Crippen MR) is 68.9 cm³/mol. The maximum absolute atomic E-state index is 10.5. The average molecular weight is 392 g/mol. The number of phosphoric acid groups is 1. The van der Waals surface area contributed by atoms with E-state index in [0.717, 1.165) is 0 Å². The molecule has 0 aliphatic heterocycles. The van der Waals surface area contributed by atoms with E-state index in [0.29, 0.717) is 0 Å². The fourth-order valence-electron chi connectivity index (χ4n) is 0.140. The molecule has 0 heterocycles. The summed E-state index contributed by atoms with van der Waals surface area (Å²) in [5.41, 5.74) is 0. The van der Waals surface area contributed by atoms with Gasteiger partial charge in [-0.25, -0.2) is 23.7 Å². The number of hydrogen-bond donors (Lipinski definition) is 5. The van der Waals surface area contributed by atoms with E-state index in [-0.39, 0.29) is 24.1 Å². The van der Waals surface area contributed by atoms with Gasteiger partial charge in [0.25, 0.3) is 0 Å². The molecule has 23 heavy (non-hydrogen) atoms. The second-order valence-corrected chi connectivity index (χ2v) is 5.02. The first kappa shape index (κ1) is 25.6. The number of thiocyanates is 2. The highest BCUT2D eigenvalue weighted by atomic mass is 32.2. The fraction of sp³-hybridized carbons (Fsp3) is 0. The number of carboxylic acids is 4. The molecule has 0 rings (SSSR count). The number of aliphatic carboxylic acids is 4. The van der Waals surface area contributed by atoms with Crippen LogP contribution >= 0.6 is 31.9 Å². The summed E-state index contributed by atoms with van der Waals surface area (Å²) in [6.45, 7) is 0. The van der Waals surface area contributed by atoms with Crippen LogP contribution in [0.15, 0.2) is 0 Å². The Morgan fingerprint density at radius 3 is 1.13 bits per heavy atom. The Bertz CT molecular complexity index is 495. The lowest BCUT2D eigenvalue weighted by Gasteiger charge is -2.02. The summed E-state index contributed by atoms with van der Waals surface area (Å²) in [5, 5.41) is 48.1. The fourth-order valence-corrected chi connectivity index (χ4v) is 1.48. The summed E-state index contributed by atoms with van der Waals surface area (Å²) in [7, 11) is -4.24. The predicted octanol–water partition coefficient (Wildman–Crippen LogP) is -0.310. The van der Waals surface area contributed by atoms with Crippen molar-refractivity contribution in [2.75, 3.05) is 0 Å². The molecular formula is C6H5N2O12PS2. The molecule has 128 valence electrons. The van der Waals surface area contributed by atoms with Crippen LogP contribution in [0.1, 0.15) is 0 Å². The highest BCUT2D eigenvalue weighted by molar-refractivity contribution is 8.05. The lowest BCUT2D eigenvalue weighted by molar-refractivity contribution is -0.159. The molecule has 0 radical (unpaired) electrons. The van der Waals surface area contributed by atoms with Crippen molar-refractivity contribution < 1.29 is 57.0 Å². The number of rotatable bonds is 4. The van der Waals surface area contributed by atoms with Gasteiger partial charge in [-0.3, -0.25) is 0 Å². The Morgan fingerprint density at radius 2 is 1.00 bits per heavy atom. The van der Waals surface area contributed by atoms with Crippen LogP contribution in [0, 0.1) is 21.3 Å². The summed E-state index contributed by atoms with van der Waals surface area (Å²) < 4.78 is 18.4. The first-order valence-electron chi connectivity index (χ1n) is 4.15. The zero-order valence-electron chi connectivity index (χ0n) is 10.3. The maximum Gasteiger partial charge on any atom is 0.496 e. The normalized spacial score (nSPS) is 8.65. The monoisotopic (exact) mass is 392 g/mol. The van der Waals surface area contributed by atoms with E-state index in [1.165, 1.54) is 10.8 Å². The smallest absolute Gasteiger partial charge is 0.473 e. The van der Waals surface area contributed by atoms with Crippen molar-refractivity contribution in [3.63, 3.8) is 0 Å². The summed E-state index contributed by atoms with van der Waals surface area (Å²) in [4.78, 5) is 44.9. The molecule has 0 fully saturated rings. The van der Waals surface area contributed by atoms with Crippen LogP contribution in [0.5, 0.6) is 0 Å². The van der Waals surface area contributed by atoms with E-state index < -0.39 is 31.7 Å². The van der Waals surface area contributed by atoms with E-state index in [1.807, 2.05) is 0 Å². The van der Waals surface area contributed by atoms with Gasteiger partial charge in [0, 0.05) is 0 Å². The molecule has 0 saturated heterocycles. The summed E-state index contributed by atoms with van der Waals surface area (Å²) in [6.07, 6.45) is 0. The maximum atomic E-state index is 10.5. The molecule has 0 bridgehead atoms. The van der Waals surface area contributed by atoms with Crippen LogP contribution in [0.25, 0.3) is 0 Å². The minimum absolute atomic E-state index is 0.110. The molecule has 0 atom stereocenters. The van der Waals surface area contributed by atoms with Gasteiger partial charge in [0.15, 0.2) is 10.8 Å². The van der Waals surface area contributed by atoms with E-state index in [2.05, 4.69) is 7.94 Å². The van der Waals surface area contributed by atoms with Crippen molar-refractivity contribution in [1.29, 1.82) is 10.5 Å². The SMILES string of the molecule is N#CSOP(=O)(O)OSC#N.O=C(O)C(=O)O.O=C(O)C(=O)O. The average Bonchev–Trinajstić information content (AvgIpc) is 2.44. The lowest BCUT2D eigenvalue weighted by atomic mass is 10.7. The standard InChI is InChI=1S/C2HN2O4PS2.2C2H2O4/c3-1-10-7-9(5,6)8-11-2-4;2*3-1(4)2(5)6/h(H,5,6);2*(H,3,4)(H,5,6). The van der Waals surface area contributed by atoms with Crippen molar-refractivity contribution in [2.45, 2.75) is 0 Å². The molecule has 0 aromatic heterocycles. The van der Waals surface area contributed by atoms with E-state index in [4.69, 9.17) is 55.0 Å². The molecule has 0 aliphatic carbocycles. The van der Waals surface area contributed by atoms with Crippen LogP contribution in [-0.4, -0.2) is 49.2 Å². The molecule has 0 saturated carbocycles. The Labute approximate surface area is 134 Å². The largest absolute Gasteiger partial charge is 0.496 e. The molecular weight excluding hydrogens is 387 g/mol. The van der Waals surface area contributed by atoms with E-state index in [9.17, 15) is 4.57 Å². The van der Waals surface area contributed by atoms with Crippen molar-refractivity contribution in [2.24, 2.45) is 0 Å². The zero-order valence-corrected chi connectivity index (χ0v) is 12.8. The molecule has 0 aliphatic rings. The van der Waals surface area contributed by atoms with Crippen LogP contribution in [0.4, 0.5) is 0 Å². The van der Waals surface area contributed by atoms with Crippen LogP contribution in [0.2, 0.25) is 0 Å². The van der Waals surface area contributed by atoms with Crippen LogP contribution in [0.3, 0.4) is 0 Å². The second-order valence-electron chi connectivity index (χ2n) is 2.19. The minimum atomic E-state index is -4.24. The first-order valence-corrected chi connectivity index (χ1v) is 7.13. The summed E-state index contributed by atoms with van der Waals surface area (Å²) in [5.74, 6) is -7.30. The second kappa shape index (κ2) is 14.6. The molecule has 5 N–H and O–H groups in total. The third-order valence-electron chi connectivity index (χ3n) is 0.703. The van der Waals surface area contributed by atoms with Gasteiger partial charge < -0.3 is 25.3 Å². The van der Waals surface area contributed by atoms with Gasteiger partial charge in [0.05, 0.1) is 0 Å². The molecule has 17 heteroatoms. The molecule has 0 spiro atoms. The van der Waals surface area contributed by atoms with Crippen molar-refractivity contribution >= 4 is 55.8 Å². The number of nitrogens with zero attached hydrogens (tertiary/aromatic N) is 2. The number of nitriles is 2. The molecule has 0 aromatic rings. The van der Waals surface area contributed by atoms with E-state index >= 15 is 0 Å². The van der Waals surface area contributed by atoms with Crippen molar-refractivity contribution in [3.8, 4) is 10.8 Å². The number of hydrogen-bond acceptors (Lipinski definition) is 11. The summed E-state index contributed by atoms with van der Waals surface area (Å²) >= 11 is 0.220. The third-order valence-corrected chi connectivity index (χ3v) is 2.96. The molecule has 14 nitrogen and oxygen atoms in total. The highest BCUT2D eigenvalue weighted by Gasteiger charge is 2.22. The Balaban J connectivity index is -0.000000284. The van der Waals surface area contributed by atoms with Gasteiger partial charge in [0.2, 0.25) is 0 Å². The van der Waals surface area contributed by atoms with Gasteiger partial charge in [-0.1, -0.05) is 0 Å². The van der Waals surface area contributed by atoms with Gasteiger partial charge >= 0.3 is 31.7 Å². The Kier molecular flexibility index (Phi) is 16.3. The first-order chi connectivity index (χ1) is 10.4. The van der Waals surface area contributed by atoms with Gasteiger partial charge in [-0.05, 0) is 0 Å². The number of carboxylic acid groups (broad SMARTS) is 4. The van der Waals surface area contributed by atoms with Crippen LogP contribution in [-0.2, 0) is 31.7 Å². The van der Waals surface area contributed by atoms with Crippen molar-refractivity contribution in [3.05, 3.63) is 0 Å². The zero-order chi connectivity index (χ0) is 19.1. The summed E-state index contributed by atoms with van der Waals surface area (Å²) in [6, 6.07) is 0.